The normalized spacial score (nSPS) is 12.0. The van der Waals surface area contributed by atoms with Crippen LogP contribution in [0.25, 0.3) is 11.0 Å². The van der Waals surface area contributed by atoms with Crippen molar-refractivity contribution >= 4 is 11.0 Å². The number of phenols is 1. The molecule has 3 aromatic rings. The van der Waals surface area contributed by atoms with Crippen molar-refractivity contribution in [1.29, 1.82) is 0 Å². The van der Waals surface area contributed by atoms with E-state index in [1.54, 1.807) is 51.0 Å². The molecule has 154 valence electrons. The fourth-order valence-corrected chi connectivity index (χ4v) is 2.96. The molecule has 0 saturated heterocycles. The van der Waals surface area contributed by atoms with E-state index in [0.29, 0.717) is 5.56 Å². The zero-order valence-electron chi connectivity index (χ0n) is 16.3. The number of nitrogens with zero attached hydrogens (tertiary/aromatic N) is 1. The van der Waals surface area contributed by atoms with Gasteiger partial charge in [0, 0.05) is 6.54 Å². The number of alkyl halides is 3. The van der Waals surface area contributed by atoms with Crippen LogP contribution in [0.4, 0.5) is 13.2 Å². The van der Waals surface area contributed by atoms with Crippen molar-refractivity contribution in [2.45, 2.75) is 26.6 Å². The van der Waals surface area contributed by atoms with E-state index in [9.17, 15) is 23.1 Å². The van der Waals surface area contributed by atoms with E-state index in [-0.39, 0.29) is 34.6 Å². The molecule has 0 aliphatic carbocycles. The van der Waals surface area contributed by atoms with Gasteiger partial charge in [0.1, 0.15) is 17.1 Å². The lowest BCUT2D eigenvalue weighted by Crippen LogP contribution is -2.17. The summed E-state index contributed by atoms with van der Waals surface area (Å²) in [7, 11) is 3.36. The standard InChI is InChI=1S/C21H20F3NO4/c1-11-5-6-12(2)16(9-11)28-19-17(27)13-7-8-15(26)14(10-25(3)4)18(13)29-20(19)21(22,23)24/h5-9,26H,10H2,1-4H3. The fourth-order valence-electron chi connectivity index (χ4n) is 2.96. The van der Waals surface area contributed by atoms with Crippen LogP contribution in [0.2, 0.25) is 0 Å². The minimum absolute atomic E-state index is 0.0839. The van der Waals surface area contributed by atoms with E-state index < -0.39 is 23.1 Å². The van der Waals surface area contributed by atoms with E-state index in [1.165, 1.54) is 12.1 Å². The van der Waals surface area contributed by atoms with Gasteiger partial charge >= 0.3 is 6.18 Å². The van der Waals surface area contributed by atoms with Gasteiger partial charge < -0.3 is 19.2 Å². The van der Waals surface area contributed by atoms with Crippen LogP contribution in [0.3, 0.4) is 0 Å². The maximum atomic E-state index is 13.7. The molecule has 0 fully saturated rings. The van der Waals surface area contributed by atoms with Crippen molar-refractivity contribution in [3.63, 3.8) is 0 Å². The van der Waals surface area contributed by atoms with Crippen molar-refractivity contribution in [3.05, 3.63) is 63.0 Å². The van der Waals surface area contributed by atoms with Crippen LogP contribution < -0.4 is 10.2 Å². The predicted molar refractivity (Wildman–Crippen MR) is 103 cm³/mol. The molecular formula is C21H20F3NO4. The number of ether oxygens (including phenoxy) is 1. The second-order valence-corrected chi connectivity index (χ2v) is 7.14. The summed E-state index contributed by atoms with van der Waals surface area (Å²) in [6.07, 6.45) is -4.97. The largest absolute Gasteiger partial charge is 0.507 e. The highest BCUT2D eigenvalue weighted by atomic mass is 19.4. The molecule has 0 aliphatic rings. The third-order valence-corrected chi connectivity index (χ3v) is 4.38. The maximum Gasteiger partial charge on any atom is 0.453 e. The first-order chi connectivity index (χ1) is 13.5. The zero-order chi connectivity index (χ0) is 21.5. The third kappa shape index (κ3) is 4.07. The summed E-state index contributed by atoms with van der Waals surface area (Å²) in [4.78, 5) is 14.6. The molecule has 29 heavy (non-hydrogen) atoms. The topological polar surface area (TPSA) is 62.9 Å². The number of aryl methyl sites for hydroxylation is 2. The highest BCUT2D eigenvalue weighted by Crippen LogP contribution is 2.40. The maximum absolute atomic E-state index is 13.7. The Hall–Kier alpha value is -3.00. The van der Waals surface area contributed by atoms with Gasteiger partial charge in [0.15, 0.2) is 0 Å². The second kappa shape index (κ2) is 7.44. The Bertz CT molecular complexity index is 1130. The van der Waals surface area contributed by atoms with Crippen molar-refractivity contribution in [3.8, 4) is 17.2 Å². The first kappa shape index (κ1) is 20.7. The van der Waals surface area contributed by atoms with Crippen LogP contribution in [-0.2, 0) is 12.7 Å². The average molecular weight is 407 g/mol. The summed E-state index contributed by atoms with van der Waals surface area (Å²) >= 11 is 0. The molecule has 2 aromatic carbocycles. The molecule has 1 N–H and O–H groups in total. The van der Waals surface area contributed by atoms with E-state index in [2.05, 4.69) is 0 Å². The minimum Gasteiger partial charge on any atom is -0.507 e. The minimum atomic E-state index is -4.97. The Morgan fingerprint density at radius 3 is 2.45 bits per heavy atom. The van der Waals surface area contributed by atoms with Gasteiger partial charge in [0.25, 0.3) is 5.76 Å². The van der Waals surface area contributed by atoms with Crippen LogP contribution >= 0.6 is 0 Å². The molecule has 0 spiro atoms. The SMILES string of the molecule is Cc1ccc(C)c(Oc2c(C(F)(F)F)oc3c(CN(C)C)c(O)ccc3c2=O)c1. The summed E-state index contributed by atoms with van der Waals surface area (Å²) in [5.41, 5.74) is 0.155. The van der Waals surface area contributed by atoms with Gasteiger partial charge in [-0.2, -0.15) is 13.2 Å². The summed E-state index contributed by atoms with van der Waals surface area (Å²) in [6.45, 7) is 3.51. The summed E-state index contributed by atoms with van der Waals surface area (Å²) in [6, 6.07) is 7.51. The van der Waals surface area contributed by atoms with Gasteiger partial charge in [-0.3, -0.25) is 4.79 Å². The Kier molecular flexibility index (Phi) is 5.32. The number of rotatable bonds is 4. The fraction of sp³-hybridized carbons (Fsp3) is 0.286. The number of halogens is 3. The predicted octanol–water partition coefficient (Wildman–Crippen LogP) is 4.99. The van der Waals surface area contributed by atoms with E-state index in [1.807, 2.05) is 0 Å². The van der Waals surface area contributed by atoms with Gasteiger partial charge in [0.2, 0.25) is 11.2 Å². The lowest BCUT2D eigenvalue weighted by atomic mass is 10.1. The quantitative estimate of drug-likeness (QED) is 0.660. The van der Waals surface area contributed by atoms with Crippen molar-refractivity contribution < 1.29 is 27.4 Å². The number of hydrogen-bond acceptors (Lipinski definition) is 5. The van der Waals surface area contributed by atoms with Gasteiger partial charge in [-0.15, -0.1) is 0 Å². The lowest BCUT2D eigenvalue weighted by Gasteiger charge is -2.17. The molecule has 0 radical (unpaired) electrons. The molecule has 0 aliphatic heterocycles. The monoisotopic (exact) mass is 407 g/mol. The molecule has 1 aromatic heterocycles. The molecule has 0 unspecified atom stereocenters. The lowest BCUT2D eigenvalue weighted by molar-refractivity contribution is -0.154. The van der Waals surface area contributed by atoms with E-state index in [0.717, 1.165) is 5.56 Å². The first-order valence-electron chi connectivity index (χ1n) is 8.77. The Morgan fingerprint density at radius 1 is 1.14 bits per heavy atom. The third-order valence-electron chi connectivity index (χ3n) is 4.38. The van der Waals surface area contributed by atoms with Gasteiger partial charge in [-0.05, 0) is 57.3 Å². The van der Waals surface area contributed by atoms with Crippen molar-refractivity contribution in [2.75, 3.05) is 14.1 Å². The van der Waals surface area contributed by atoms with E-state index in [4.69, 9.17) is 9.15 Å². The molecule has 0 amide bonds. The molecule has 5 nitrogen and oxygen atoms in total. The van der Waals surface area contributed by atoms with Crippen LogP contribution in [-0.4, -0.2) is 24.1 Å². The first-order valence-corrected chi connectivity index (χ1v) is 8.77. The molecule has 3 rings (SSSR count). The van der Waals surface area contributed by atoms with Gasteiger partial charge in [0.05, 0.1) is 10.9 Å². The summed E-state index contributed by atoms with van der Waals surface area (Å²) in [5.74, 6) is -2.60. The van der Waals surface area contributed by atoms with Gasteiger partial charge in [-0.1, -0.05) is 12.1 Å². The number of fused-ring (bicyclic) bond motifs is 1. The Labute approximate surface area is 164 Å². The molecular weight excluding hydrogens is 387 g/mol. The van der Waals surface area contributed by atoms with Crippen LogP contribution in [0.1, 0.15) is 22.5 Å². The summed E-state index contributed by atoms with van der Waals surface area (Å²) in [5, 5.41) is 10.0. The van der Waals surface area contributed by atoms with Gasteiger partial charge in [-0.25, -0.2) is 0 Å². The number of phenolic OH excluding ortho intramolecular Hbond substituents is 1. The highest BCUT2D eigenvalue weighted by Gasteiger charge is 2.41. The molecule has 8 heteroatoms. The number of benzene rings is 2. The number of hydrogen-bond donors (Lipinski definition) is 1. The zero-order valence-corrected chi connectivity index (χ0v) is 16.3. The molecule has 1 heterocycles. The Balaban J connectivity index is 2.32. The summed E-state index contributed by atoms with van der Waals surface area (Å²) < 4.78 is 51.8. The van der Waals surface area contributed by atoms with E-state index >= 15 is 0 Å². The van der Waals surface area contributed by atoms with Crippen molar-refractivity contribution in [1.82, 2.24) is 4.90 Å². The number of aromatic hydroxyl groups is 1. The van der Waals surface area contributed by atoms with Crippen molar-refractivity contribution in [2.24, 2.45) is 0 Å². The molecule has 0 saturated carbocycles. The molecule has 0 atom stereocenters. The van der Waals surface area contributed by atoms with Crippen LogP contribution in [0, 0.1) is 13.8 Å². The Morgan fingerprint density at radius 2 is 1.83 bits per heavy atom. The van der Waals surface area contributed by atoms with Crippen LogP contribution in [0.15, 0.2) is 39.5 Å². The highest BCUT2D eigenvalue weighted by molar-refractivity contribution is 5.83. The average Bonchev–Trinajstić information content (AvgIpc) is 2.61. The second-order valence-electron chi connectivity index (χ2n) is 7.14. The smallest absolute Gasteiger partial charge is 0.453 e. The van der Waals surface area contributed by atoms with Crippen LogP contribution in [0.5, 0.6) is 17.2 Å². The molecule has 0 bridgehead atoms.